The molecule has 118 valence electrons. The van der Waals surface area contributed by atoms with Gasteiger partial charge in [0.25, 0.3) is 0 Å². The summed E-state index contributed by atoms with van der Waals surface area (Å²) in [5.41, 5.74) is 7.55. The van der Waals surface area contributed by atoms with Gasteiger partial charge in [-0.15, -0.1) is 0 Å². The first-order chi connectivity index (χ1) is 9.66. The van der Waals surface area contributed by atoms with Gasteiger partial charge in [-0.2, -0.15) is 0 Å². The molecule has 1 aliphatic rings. The number of nitrogen functional groups attached to an aromatic ring is 1. The van der Waals surface area contributed by atoms with E-state index in [-0.39, 0.29) is 5.41 Å². The smallest absolute Gasteiger partial charge is 0.138 e. The van der Waals surface area contributed by atoms with Crippen LogP contribution in [0.4, 0.5) is 11.6 Å². The van der Waals surface area contributed by atoms with E-state index in [1.807, 2.05) is 6.92 Å². The van der Waals surface area contributed by atoms with E-state index in [1.165, 1.54) is 19.3 Å². The predicted molar refractivity (Wildman–Crippen MR) is 89.7 cm³/mol. The number of piperidine rings is 1. The van der Waals surface area contributed by atoms with Gasteiger partial charge < -0.3 is 10.6 Å². The molecule has 0 spiro atoms. The Hall–Kier alpha value is -1.32. The number of hydrogen-bond acceptors (Lipinski definition) is 4. The fraction of sp³-hybridized carbons (Fsp3) is 0.765. The zero-order valence-electron chi connectivity index (χ0n) is 14.5. The highest BCUT2D eigenvalue weighted by Gasteiger charge is 2.30. The molecule has 0 aromatic carbocycles. The van der Waals surface area contributed by atoms with Crippen molar-refractivity contribution in [2.24, 2.45) is 5.41 Å². The van der Waals surface area contributed by atoms with Crippen molar-refractivity contribution in [1.29, 1.82) is 0 Å². The van der Waals surface area contributed by atoms with Crippen LogP contribution in [0.15, 0.2) is 0 Å². The van der Waals surface area contributed by atoms with Crippen molar-refractivity contribution in [3.63, 3.8) is 0 Å². The van der Waals surface area contributed by atoms with Gasteiger partial charge >= 0.3 is 0 Å². The lowest BCUT2D eigenvalue weighted by Gasteiger charge is -2.40. The molecule has 1 aromatic heterocycles. The summed E-state index contributed by atoms with van der Waals surface area (Å²) in [5, 5.41) is 0. The Morgan fingerprint density at radius 2 is 1.76 bits per heavy atom. The quantitative estimate of drug-likeness (QED) is 0.902. The Bertz CT molecular complexity index is 508. The third kappa shape index (κ3) is 3.30. The third-order valence-electron chi connectivity index (χ3n) is 4.95. The highest BCUT2D eigenvalue weighted by atomic mass is 15.2. The second-order valence-corrected chi connectivity index (χ2v) is 7.78. The molecule has 1 saturated heterocycles. The molecule has 0 aliphatic carbocycles. The first-order valence-electron chi connectivity index (χ1n) is 8.06. The van der Waals surface area contributed by atoms with Gasteiger partial charge in [0.05, 0.1) is 0 Å². The first-order valence-corrected chi connectivity index (χ1v) is 8.06. The number of anilines is 2. The molecule has 1 aromatic rings. The topological polar surface area (TPSA) is 55.0 Å². The third-order valence-corrected chi connectivity index (χ3v) is 4.95. The van der Waals surface area contributed by atoms with Crippen molar-refractivity contribution in [2.45, 2.75) is 66.2 Å². The van der Waals surface area contributed by atoms with Crippen molar-refractivity contribution in [3.05, 3.63) is 11.4 Å². The SMILES string of the molecule is CCC1(C)CCN(c2nc(C(C)(C)C)nc(N)c2C)CC1. The monoisotopic (exact) mass is 290 g/mol. The van der Waals surface area contributed by atoms with E-state index in [0.717, 1.165) is 30.3 Å². The lowest BCUT2D eigenvalue weighted by molar-refractivity contribution is 0.237. The van der Waals surface area contributed by atoms with Crippen LogP contribution in [0.3, 0.4) is 0 Å². The van der Waals surface area contributed by atoms with Gasteiger partial charge in [0.1, 0.15) is 17.5 Å². The van der Waals surface area contributed by atoms with E-state index in [0.29, 0.717) is 11.2 Å². The number of rotatable bonds is 2. The number of aromatic nitrogens is 2. The Kier molecular flexibility index (Phi) is 4.18. The summed E-state index contributed by atoms with van der Waals surface area (Å²) in [6, 6.07) is 0. The van der Waals surface area contributed by atoms with Gasteiger partial charge in [-0.3, -0.25) is 0 Å². The molecule has 1 aliphatic heterocycles. The summed E-state index contributed by atoms with van der Waals surface area (Å²) in [7, 11) is 0. The van der Waals surface area contributed by atoms with E-state index in [2.05, 4.69) is 44.5 Å². The molecule has 21 heavy (non-hydrogen) atoms. The maximum absolute atomic E-state index is 6.13. The Morgan fingerprint density at radius 3 is 2.24 bits per heavy atom. The maximum Gasteiger partial charge on any atom is 0.138 e. The number of nitrogens with zero attached hydrogens (tertiary/aromatic N) is 3. The Morgan fingerprint density at radius 1 is 1.19 bits per heavy atom. The molecular weight excluding hydrogens is 260 g/mol. The molecule has 0 atom stereocenters. The highest BCUT2D eigenvalue weighted by molar-refractivity contribution is 5.57. The minimum absolute atomic E-state index is 0.0791. The van der Waals surface area contributed by atoms with Crippen LogP contribution >= 0.6 is 0 Å². The zero-order valence-corrected chi connectivity index (χ0v) is 14.5. The van der Waals surface area contributed by atoms with Crippen molar-refractivity contribution >= 4 is 11.6 Å². The minimum atomic E-state index is -0.0791. The second-order valence-electron chi connectivity index (χ2n) is 7.78. The summed E-state index contributed by atoms with van der Waals surface area (Å²) in [6.07, 6.45) is 3.69. The molecule has 1 fully saturated rings. The van der Waals surface area contributed by atoms with Crippen LogP contribution in [-0.4, -0.2) is 23.1 Å². The molecule has 0 unspecified atom stereocenters. The van der Waals surface area contributed by atoms with Crippen LogP contribution in [0.1, 0.15) is 65.3 Å². The summed E-state index contributed by atoms with van der Waals surface area (Å²) in [4.78, 5) is 11.7. The van der Waals surface area contributed by atoms with Gasteiger partial charge in [-0.25, -0.2) is 9.97 Å². The summed E-state index contributed by atoms with van der Waals surface area (Å²) in [6.45, 7) is 15.2. The summed E-state index contributed by atoms with van der Waals surface area (Å²) < 4.78 is 0. The minimum Gasteiger partial charge on any atom is -0.383 e. The fourth-order valence-corrected chi connectivity index (χ4v) is 2.78. The predicted octanol–water partition coefficient (Wildman–Crippen LogP) is 3.68. The lowest BCUT2D eigenvalue weighted by atomic mass is 9.78. The van der Waals surface area contributed by atoms with Crippen LogP contribution in [0, 0.1) is 12.3 Å². The molecule has 0 bridgehead atoms. The van der Waals surface area contributed by atoms with E-state index >= 15 is 0 Å². The van der Waals surface area contributed by atoms with Gasteiger partial charge in [-0.05, 0) is 25.2 Å². The van der Waals surface area contributed by atoms with Crippen molar-refractivity contribution in [2.75, 3.05) is 23.7 Å². The largest absolute Gasteiger partial charge is 0.383 e. The first kappa shape index (κ1) is 16.1. The highest BCUT2D eigenvalue weighted by Crippen LogP contribution is 2.36. The van der Waals surface area contributed by atoms with Crippen LogP contribution in [0.25, 0.3) is 0 Å². The molecule has 0 radical (unpaired) electrons. The van der Waals surface area contributed by atoms with Crippen LogP contribution in [0.2, 0.25) is 0 Å². The lowest BCUT2D eigenvalue weighted by Crippen LogP contribution is -2.39. The van der Waals surface area contributed by atoms with E-state index in [9.17, 15) is 0 Å². The van der Waals surface area contributed by atoms with Gasteiger partial charge in [0.15, 0.2) is 0 Å². The van der Waals surface area contributed by atoms with Crippen molar-refractivity contribution < 1.29 is 0 Å². The van der Waals surface area contributed by atoms with E-state index < -0.39 is 0 Å². The van der Waals surface area contributed by atoms with Crippen LogP contribution in [0.5, 0.6) is 0 Å². The standard InChI is InChI=1S/C17H30N4/c1-7-17(6)8-10-21(11-9-17)14-12(2)13(18)19-15(20-14)16(3,4)5/h7-11H2,1-6H3,(H2,18,19,20). The fourth-order valence-electron chi connectivity index (χ4n) is 2.78. The van der Waals surface area contributed by atoms with Gasteiger partial charge in [0, 0.05) is 24.1 Å². The van der Waals surface area contributed by atoms with Crippen molar-refractivity contribution in [1.82, 2.24) is 9.97 Å². The average molecular weight is 290 g/mol. The second kappa shape index (κ2) is 5.47. The molecule has 2 N–H and O–H groups in total. The van der Waals surface area contributed by atoms with Gasteiger partial charge in [0.2, 0.25) is 0 Å². The zero-order chi connectivity index (χ0) is 15.8. The molecule has 2 heterocycles. The number of hydrogen-bond donors (Lipinski definition) is 1. The van der Waals surface area contributed by atoms with E-state index in [1.54, 1.807) is 0 Å². The number of nitrogens with two attached hydrogens (primary N) is 1. The summed E-state index contributed by atoms with van der Waals surface area (Å²) >= 11 is 0. The molecule has 4 nitrogen and oxygen atoms in total. The van der Waals surface area contributed by atoms with E-state index in [4.69, 9.17) is 10.7 Å². The molecule has 2 rings (SSSR count). The molecule has 0 saturated carbocycles. The maximum atomic E-state index is 6.13. The normalized spacial score (nSPS) is 18.9. The van der Waals surface area contributed by atoms with Crippen LogP contribution < -0.4 is 10.6 Å². The Balaban J connectivity index is 2.30. The molecular formula is C17H30N4. The summed E-state index contributed by atoms with van der Waals surface area (Å²) in [5.74, 6) is 2.49. The molecule has 4 heteroatoms. The van der Waals surface area contributed by atoms with Crippen molar-refractivity contribution in [3.8, 4) is 0 Å². The average Bonchev–Trinajstić information content (AvgIpc) is 2.42. The van der Waals surface area contributed by atoms with Gasteiger partial charge in [-0.1, -0.05) is 41.0 Å². The molecule has 0 amide bonds. The van der Waals surface area contributed by atoms with Crippen LogP contribution in [-0.2, 0) is 5.41 Å². The Labute approximate surface area is 129 Å².